The molecule has 3 rings (SSSR count). The van der Waals surface area contributed by atoms with Gasteiger partial charge in [-0.2, -0.15) is 0 Å². The van der Waals surface area contributed by atoms with Gasteiger partial charge in [-0.05, 0) is 34.1 Å². The summed E-state index contributed by atoms with van der Waals surface area (Å²) in [4.78, 5) is 20.9. The molecule has 1 saturated heterocycles. The summed E-state index contributed by atoms with van der Waals surface area (Å²) in [5.41, 5.74) is 0.661. The molecule has 4 nitrogen and oxygen atoms in total. The van der Waals surface area contributed by atoms with E-state index in [1.54, 1.807) is 29.5 Å². The maximum atomic E-state index is 12.5. The van der Waals surface area contributed by atoms with Crippen LogP contribution in [0.4, 0.5) is 5.13 Å². The molecule has 0 bridgehead atoms. The van der Waals surface area contributed by atoms with Crippen LogP contribution in [-0.2, 0) is 0 Å². The third kappa shape index (κ3) is 3.22. The summed E-state index contributed by atoms with van der Waals surface area (Å²) in [6.07, 6.45) is 1.81. The maximum Gasteiger partial charge on any atom is 0.254 e. The topological polar surface area (TPSA) is 36.4 Å². The Hall–Kier alpha value is -1.11. The second-order valence-corrected chi connectivity index (χ2v) is 6.86. The molecule has 1 aliphatic rings. The van der Waals surface area contributed by atoms with E-state index in [4.69, 9.17) is 11.6 Å². The molecule has 21 heavy (non-hydrogen) atoms. The van der Waals surface area contributed by atoms with Gasteiger partial charge in [-0.15, -0.1) is 11.3 Å². The Morgan fingerprint density at radius 1 is 1.29 bits per heavy atom. The first-order valence-electron chi connectivity index (χ1n) is 6.54. The van der Waals surface area contributed by atoms with Gasteiger partial charge >= 0.3 is 0 Å². The van der Waals surface area contributed by atoms with Crippen molar-refractivity contribution in [1.29, 1.82) is 0 Å². The van der Waals surface area contributed by atoms with Crippen LogP contribution in [0, 0.1) is 0 Å². The fourth-order valence-corrected chi connectivity index (χ4v) is 3.48. The van der Waals surface area contributed by atoms with Gasteiger partial charge in [0.25, 0.3) is 5.91 Å². The number of hydrogen-bond acceptors (Lipinski definition) is 4. The fourth-order valence-electron chi connectivity index (χ4n) is 2.28. The highest BCUT2D eigenvalue weighted by molar-refractivity contribution is 9.10. The Balaban J connectivity index is 1.66. The summed E-state index contributed by atoms with van der Waals surface area (Å²) in [6.45, 7) is 3.04. The molecule has 0 N–H and O–H groups in total. The number of hydrogen-bond donors (Lipinski definition) is 0. The largest absolute Gasteiger partial charge is 0.345 e. The van der Waals surface area contributed by atoms with E-state index in [1.165, 1.54) is 0 Å². The fraction of sp³-hybridized carbons (Fsp3) is 0.286. The first kappa shape index (κ1) is 14.8. The predicted molar refractivity (Wildman–Crippen MR) is 89.4 cm³/mol. The van der Waals surface area contributed by atoms with Crippen molar-refractivity contribution >= 4 is 49.9 Å². The number of carbonyl (C=O) groups excluding carboxylic acids is 1. The highest BCUT2D eigenvalue weighted by Crippen LogP contribution is 2.24. The summed E-state index contributed by atoms with van der Waals surface area (Å²) in [5.74, 6) is 0.0474. The Labute approximate surface area is 140 Å². The van der Waals surface area contributed by atoms with Crippen molar-refractivity contribution in [3.8, 4) is 0 Å². The lowest BCUT2D eigenvalue weighted by Crippen LogP contribution is -2.48. The van der Waals surface area contributed by atoms with Crippen LogP contribution in [0.1, 0.15) is 10.4 Å². The van der Waals surface area contributed by atoms with E-state index in [-0.39, 0.29) is 5.91 Å². The molecule has 0 atom stereocenters. The van der Waals surface area contributed by atoms with Crippen LogP contribution in [0.5, 0.6) is 0 Å². The van der Waals surface area contributed by atoms with Gasteiger partial charge in [0.05, 0.1) is 5.02 Å². The van der Waals surface area contributed by atoms with Gasteiger partial charge in [0.1, 0.15) is 0 Å². The molecule has 0 aliphatic carbocycles. The molecular weight excluding hydrogens is 374 g/mol. The van der Waals surface area contributed by atoms with Crippen molar-refractivity contribution in [2.45, 2.75) is 0 Å². The van der Waals surface area contributed by atoms with Crippen LogP contribution >= 0.6 is 38.9 Å². The number of rotatable bonds is 2. The number of nitrogens with zero attached hydrogens (tertiary/aromatic N) is 3. The van der Waals surface area contributed by atoms with E-state index in [2.05, 4.69) is 25.8 Å². The number of thiazole rings is 1. The van der Waals surface area contributed by atoms with Crippen molar-refractivity contribution in [3.63, 3.8) is 0 Å². The molecule has 1 amide bonds. The van der Waals surface area contributed by atoms with Gasteiger partial charge in [0, 0.05) is 47.8 Å². The minimum atomic E-state index is 0.0474. The van der Waals surface area contributed by atoms with Crippen LogP contribution in [0.3, 0.4) is 0 Å². The average Bonchev–Trinajstić information content (AvgIpc) is 3.04. The number of aromatic nitrogens is 1. The van der Waals surface area contributed by atoms with E-state index in [0.29, 0.717) is 23.7 Å². The molecule has 1 aromatic heterocycles. The highest BCUT2D eigenvalue weighted by atomic mass is 79.9. The number of carbonyl (C=O) groups is 1. The average molecular weight is 387 g/mol. The molecule has 0 saturated carbocycles. The highest BCUT2D eigenvalue weighted by Gasteiger charge is 2.23. The lowest BCUT2D eigenvalue weighted by molar-refractivity contribution is 0.0746. The second-order valence-electron chi connectivity index (χ2n) is 4.72. The number of piperazine rings is 1. The normalized spacial score (nSPS) is 15.3. The van der Waals surface area contributed by atoms with Crippen molar-refractivity contribution in [2.24, 2.45) is 0 Å². The summed E-state index contributed by atoms with van der Waals surface area (Å²) in [7, 11) is 0. The number of anilines is 1. The van der Waals surface area contributed by atoms with Gasteiger partial charge in [-0.3, -0.25) is 4.79 Å². The van der Waals surface area contributed by atoms with Gasteiger partial charge < -0.3 is 9.80 Å². The lowest BCUT2D eigenvalue weighted by atomic mass is 10.2. The van der Waals surface area contributed by atoms with Crippen LogP contribution < -0.4 is 4.90 Å². The smallest absolute Gasteiger partial charge is 0.254 e. The SMILES string of the molecule is O=C(c1ccc(Cl)c(Br)c1)N1CCN(c2nccs2)CC1. The van der Waals surface area contributed by atoms with Crippen LogP contribution in [0.25, 0.3) is 0 Å². The van der Waals surface area contributed by atoms with Crippen molar-refractivity contribution in [2.75, 3.05) is 31.1 Å². The van der Waals surface area contributed by atoms with Gasteiger partial charge in [0.2, 0.25) is 0 Å². The summed E-state index contributed by atoms with van der Waals surface area (Å²) >= 11 is 10.9. The third-order valence-electron chi connectivity index (χ3n) is 3.42. The summed E-state index contributed by atoms with van der Waals surface area (Å²) in [6, 6.07) is 5.28. The molecule has 2 heterocycles. The van der Waals surface area contributed by atoms with E-state index in [9.17, 15) is 4.79 Å². The zero-order chi connectivity index (χ0) is 14.8. The molecule has 1 fully saturated rings. The lowest BCUT2D eigenvalue weighted by Gasteiger charge is -2.34. The van der Waals surface area contributed by atoms with Gasteiger partial charge in [-0.1, -0.05) is 11.6 Å². The predicted octanol–water partition coefficient (Wildman–Crippen LogP) is 3.52. The standard InChI is InChI=1S/C14H13BrClN3OS/c15-11-9-10(1-2-12(11)16)13(20)18-4-6-19(7-5-18)14-17-3-8-21-14/h1-3,8-9H,4-7H2. The van der Waals surface area contributed by atoms with Gasteiger partial charge in [0.15, 0.2) is 5.13 Å². The molecule has 110 valence electrons. The van der Waals surface area contributed by atoms with Crippen molar-refractivity contribution in [1.82, 2.24) is 9.88 Å². The molecule has 2 aromatic rings. The Bertz CT molecular complexity index is 642. The monoisotopic (exact) mass is 385 g/mol. The Morgan fingerprint density at radius 2 is 2.05 bits per heavy atom. The molecule has 0 spiro atoms. The number of halogens is 2. The number of benzene rings is 1. The molecule has 1 aromatic carbocycles. The van der Waals surface area contributed by atoms with E-state index in [1.807, 2.05) is 16.5 Å². The minimum absolute atomic E-state index is 0.0474. The van der Waals surface area contributed by atoms with Gasteiger partial charge in [-0.25, -0.2) is 4.98 Å². The molecule has 7 heteroatoms. The van der Waals surface area contributed by atoms with E-state index in [0.717, 1.165) is 22.7 Å². The van der Waals surface area contributed by atoms with Crippen molar-refractivity contribution < 1.29 is 4.79 Å². The molecular formula is C14H13BrClN3OS. The quantitative estimate of drug-likeness (QED) is 0.792. The molecule has 1 aliphatic heterocycles. The van der Waals surface area contributed by atoms with Crippen molar-refractivity contribution in [3.05, 3.63) is 44.8 Å². The first-order valence-corrected chi connectivity index (χ1v) is 8.59. The van der Waals surface area contributed by atoms with Crippen LogP contribution in [-0.4, -0.2) is 42.0 Å². The zero-order valence-corrected chi connectivity index (χ0v) is 14.3. The molecule has 0 radical (unpaired) electrons. The Morgan fingerprint density at radius 3 is 2.67 bits per heavy atom. The van der Waals surface area contributed by atoms with E-state index < -0.39 is 0 Å². The number of amides is 1. The third-order valence-corrected chi connectivity index (χ3v) is 5.47. The van der Waals surface area contributed by atoms with Crippen LogP contribution in [0.2, 0.25) is 5.02 Å². The van der Waals surface area contributed by atoms with E-state index >= 15 is 0 Å². The first-order chi connectivity index (χ1) is 10.1. The van der Waals surface area contributed by atoms with Crippen LogP contribution in [0.15, 0.2) is 34.2 Å². The summed E-state index contributed by atoms with van der Waals surface area (Å²) < 4.78 is 0.747. The maximum absolute atomic E-state index is 12.5. The Kier molecular flexibility index (Phi) is 4.47. The second kappa shape index (κ2) is 6.34. The zero-order valence-electron chi connectivity index (χ0n) is 11.1. The molecule has 0 unspecified atom stereocenters. The minimum Gasteiger partial charge on any atom is -0.345 e. The summed E-state index contributed by atoms with van der Waals surface area (Å²) in [5, 5.41) is 3.61.